The molecule has 0 aliphatic heterocycles. The fourth-order valence-corrected chi connectivity index (χ4v) is 3.26. The van der Waals surface area contributed by atoms with Gasteiger partial charge in [0, 0.05) is 18.1 Å². The summed E-state index contributed by atoms with van der Waals surface area (Å²) in [6, 6.07) is 20.5. The van der Waals surface area contributed by atoms with Gasteiger partial charge in [-0.05, 0) is 72.2 Å². The van der Waals surface area contributed by atoms with Crippen molar-refractivity contribution >= 4 is 11.6 Å². The normalized spacial score (nSPS) is 12.0. The molecule has 0 fully saturated rings. The molecule has 28 heavy (non-hydrogen) atoms. The summed E-state index contributed by atoms with van der Waals surface area (Å²) in [6.45, 7) is 6.38. The summed E-state index contributed by atoms with van der Waals surface area (Å²) in [4.78, 5) is 16.7. The Labute approximate surface area is 167 Å². The minimum atomic E-state index is -0.190. The number of amides is 1. The van der Waals surface area contributed by atoms with Crippen molar-refractivity contribution in [3.8, 4) is 0 Å². The molecule has 2 aromatic carbocycles. The Morgan fingerprint density at radius 2 is 1.39 bits per heavy atom. The van der Waals surface area contributed by atoms with Crippen LogP contribution in [0.3, 0.4) is 0 Å². The van der Waals surface area contributed by atoms with E-state index in [0.717, 1.165) is 24.1 Å². The fraction of sp³-hybridized carbons (Fsp3) is 0.280. The highest BCUT2D eigenvalue weighted by atomic mass is 16.1. The summed E-state index contributed by atoms with van der Waals surface area (Å²) in [7, 11) is 0. The maximum Gasteiger partial charge on any atom is 0.231 e. The number of aromatic nitrogens is 1. The van der Waals surface area contributed by atoms with Crippen molar-refractivity contribution in [1.29, 1.82) is 0 Å². The number of hydrogen-bond acceptors (Lipinski definition) is 2. The van der Waals surface area contributed by atoms with Gasteiger partial charge in [0.2, 0.25) is 5.91 Å². The average molecular weight is 373 g/mol. The first kappa shape index (κ1) is 19.8. The van der Waals surface area contributed by atoms with E-state index in [-0.39, 0.29) is 11.8 Å². The number of pyridine rings is 1. The third-order valence-corrected chi connectivity index (χ3v) is 4.90. The minimum absolute atomic E-state index is 0.0125. The van der Waals surface area contributed by atoms with Crippen LogP contribution in [-0.2, 0) is 17.6 Å². The molecular weight excluding hydrogens is 344 g/mol. The van der Waals surface area contributed by atoms with Crippen LogP contribution in [0, 0.1) is 5.92 Å². The third-order valence-electron chi connectivity index (χ3n) is 4.90. The van der Waals surface area contributed by atoms with Gasteiger partial charge in [0.25, 0.3) is 0 Å². The van der Waals surface area contributed by atoms with Gasteiger partial charge in [0.1, 0.15) is 0 Å². The smallest absolute Gasteiger partial charge is 0.231 e. The number of rotatable bonds is 7. The number of anilines is 1. The largest absolute Gasteiger partial charge is 0.326 e. The molecule has 0 unspecified atom stereocenters. The number of benzene rings is 2. The molecule has 0 saturated carbocycles. The van der Waals surface area contributed by atoms with E-state index in [0.29, 0.717) is 5.92 Å². The second kappa shape index (κ2) is 9.32. The predicted molar refractivity (Wildman–Crippen MR) is 116 cm³/mol. The molecule has 0 spiro atoms. The average Bonchev–Trinajstić information content (AvgIpc) is 2.70. The van der Waals surface area contributed by atoms with E-state index in [1.165, 1.54) is 16.7 Å². The molecule has 0 bridgehead atoms. The van der Waals surface area contributed by atoms with Gasteiger partial charge in [0.15, 0.2) is 0 Å². The van der Waals surface area contributed by atoms with E-state index in [2.05, 4.69) is 60.5 Å². The zero-order valence-electron chi connectivity index (χ0n) is 16.9. The molecule has 1 heterocycles. The molecule has 1 atom stereocenters. The quantitative estimate of drug-likeness (QED) is 0.585. The predicted octanol–water partition coefficient (Wildman–Crippen LogP) is 5.61. The second-order valence-corrected chi connectivity index (χ2v) is 7.78. The maximum absolute atomic E-state index is 12.6. The standard InChI is InChI=1S/C25H28N2O/c1-18(2)16-20-4-8-23(9-5-20)19(3)25(28)27-24-10-6-21(7-11-24)17-22-12-14-26-15-13-22/h4-15,18-19H,16-17H2,1-3H3,(H,27,28)/t19-/m0/s1. The highest BCUT2D eigenvalue weighted by Gasteiger charge is 2.15. The Balaban J connectivity index is 1.59. The Morgan fingerprint density at radius 1 is 0.821 bits per heavy atom. The van der Waals surface area contributed by atoms with Gasteiger partial charge < -0.3 is 5.32 Å². The van der Waals surface area contributed by atoms with E-state index in [1.807, 2.05) is 31.2 Å². The Morgan fingerprint density at radius 3 is 2.00 bits per heavy atom. The van der Waals surface area contributed by atoms with Crippen LogP contribution in [-0.4, -0.2) is 10.9 Å². The minimum Gasteiger partial charge on any atom is -0.326 e. The lowest BCUT2D eigenvalue weighted by molar-refractivity contribution is -0.117. The molecule has 0 aliphatic rings. The van der Waals surface area contributed by atoms with Crippen molar-refractivity contribution in [2.24, 2.45) is 5.92 Å². The Bertz CT molecular complexity index is 884. The molecule has 0 aliphatic carbocycles. The van der Waals surface area contributed by atoms with Crippen molar-refractivity contribution in [2.75, 3.05) is 5.32 Å². The molecule has 144 valence electrons. The van der Waals surface area contributed by atoms with Crippen LogP contribution in [0.1, 0.15) is 48.9 Å². The van der Waals surface area contributed by atoms with Crippen LogP contribution in [0.15, 0.2) is 73.1 Å². The van der Waals surface area contributed by atoms with Crippen LogP contribution in [0.25, 0.3) is 0 Å². The molecule has 1 N–H and O–H groups in total. The van der Waals surface area contributed by atoms with Crippen LogP contribution in [0.5, 0.6) is 0 Å². The molecule has 0 saturated heterocycles. The van der Waals surface area contributed by atoms with Gasteiger partial charge in [0.05, 0.1) is 5.92 Å². The van der Waals surface area contributed by atoms with E-state index in [4.69, 9.17) is 0 Å². The summed E-state index contributed by atoms with van der Waals surface area (Å²) >= 11 is 0. The van der Waals surface area contributed by atoms with Gasteiger partial charge >= 0.3 is 0 Å². The zero-order chi connectivity index (χ0) is 19.9. The van der Waals surface area contributed by atoms with Crippen molar-refractivity contribution in [1.82, 2.24) is 4.98 Å². The van der Waals surface area contributed by atoms with Gasteiger partial charge in [-0.3, -0.25) is 9.78 Å². The number of carbonyl (C=O) groups is 1. The molecule has 3 heteroatoms. The molecule has 3 nitrogen and oxygen atoms in total. The number of nitrogens with zero attached hydrogens (tertiary/aromatic N) is 1. The number of nitrogens with one attached hydrogen (secondary N) is 1. The van der Waals surface area contributed by atoms with Crippen LogP contribution >= 0.6 is 0 Å². The lowest BCUT2D eigenvalue weighted by atomic mass is 9.96. The Hall–Kier alpha value is -2.94. The summed E-state index contributed by atoms with van der Waals surface area (Å²) in [5, 5.41) is 3.03. The van der Waals surface area contributed by atoms with Crippen LogP contribution < -0.4 is 5.32 Å². The van der Waals surface area contributed by atoms with E-state index < -0.39 is 0 Å². The highest BCUT2D eigenvalue weighted by Crippen LogP contribution is 2.20. The van der Waals surface area contributed by atoms with Crippen molar-refractivity contribution in [3.05, 3.63) is 95.3 Å². The molecule has 3 rings (SSSR count). The van der Waals surface area contributed by atoms with Crippen molar-refractivity contribution in [2.45, 2.75) is 39.5 Å². The fourth-order valence-electron chi connectivity index (χ4n) is 3.26. The molecule has 1 amide bonds. The monoisotopic (exact) mass is 372 g/mol. The first-order chi connectivity index (χ1) is 13.5. The van der Waals surface area contributed by atoms with E-state index in [1.54, 1.807) is 12.4 Å². The van der Waals surface area contributed by atoms with Crippen molar-refractivity contribution in [3.63, 3.8) is 0 Å². The topological polar surface area (TPSA) is 42.0 Å². The highest BCUT2D eigenvalue weighted by molar-refractivity contribution is 5.95. The first-order valence-electron chi connectivity index (χ1n) is 9.89. The van der Waals surface area contributed by atoms with Gasteiger partial charge in [-0.25, -0.2) is 0 Å². The van der Waals surface area contributed by atoms with E-state index >= 15 is 0 Å². The second-order valence-electron chi connectivity index (χ2n) is 7.78. The third kappa shape index (κ3) is 5.53. The first-order valence-corrected chi connectivity index (χ1v) is 9.89. The molecule has 1 aromatic heterocycles. The van der Waals surface area contributed by atoms with Crippen LogP contribution in [0.2, 0.25) is 0 Å². The Kier molecular flexibility index (Phi) is 6.59. The summed E-state index contributed by atoms with van der Waals surface area (Å²) in [6.07, 6.45) is 5.53. The SMILES string of the molecule is CC(C)Cc1ccc([C@H](C)C(=O)Nc2ccc(Cc3ccncc3)cc2)cc1. The van der Waals surface area contributed by atoms with E-state index in [9.17, 15) is 4.79 Å². The number of carbonyl (C=O) groups excluding carboxylic acids is 1. The summed E-state index contributed by atoms with van der Waals surface area (Å²) < 4.78 is 0. The summed E-state index contributed by atoms with van der Waals surface area (Å²) in [5.74, 6) is 0.455. The zero-order valence-corrected chi connectivity index (χ0v) is 16.9. The van der Waals surface area contributed by atoms with Crippen molar-refractivity contribution < 1.29 is 4.79 Å². The number of hydrogen-bond donors (Lipinski definition) is 1. The summed E-state index contributed by atoms with van der Waals surface area (Å²) in [5.41, 5.74) is 5.61. The molecule has 3 aromatic rings. The maximum atomic E-state index is 12.6. The van der Waals surface area contributed by atoms with Gasteiger partial charge in [-0.1, -0.05) is 50.2 Å². The molecule has 0 radical (unpaired) electrons. The van der Waals surface area contributed by atoms with Gasteiger partial charge in [-0.2, -0.15) is 0 Å². The lowest BCUT2D eigenvalue weighted by Crippen LogP contribution is -2.18. The lowest BCUT2D eigenvalue weighted by Gasteiger charge is -2.14. The van der Waals surface area contributed by atoms with Crippen LogP contribution in [0.4, 0.5) is 5.69 Å². The molecular formula is C25H28N2O. The van der Waals surface area contributed by atoms with Gasteiger partial charge in [-0.15, -0.1) is 0 Å².